The fourth-order valence-corrected chi connectivity index (χ4v) is 1.40. The van der Waals surface area contributed by atoms with Crippen molar-refractivity contribution >= 4 is 11.6 Å². The molecular formula is C11H11N3O3. The first-order chi connectivity index (χ1) is 8.08. The number of anilines is 1. The van der Waals surface area contributed by atoms with Crippen molar-refractivity contribution in [3.63, 3.8) is 0 Å². The Bertz CT molecular complexity index is 563. The lowest BCUT2D eigenvalue weighted by Gasteiger charge is -2.05. The largest absolute Gasteiger partial charge is 0.504 e. The summed E-state index contributed by atoms with van der Waals surface area (Å²) >= 11 is 0. The number of aryl methyl sites for hydroxylation is 1. The Morgan fingerprint density at radius 3 is 2.82 bits per heavy atom. The molecule has 0 unspecified atom stereocenters. The molecule has 88 valence electrons. The minimum Gasteiger partial charge on any atom is -0.504 e. The molecule has 0 atom stereocenters. The second kappa shape index (κ2) is 4.17. The second-order valence-electron chi connectivity index (χ2n) is 3.53. The zero-order chi connectivity index (χ0) is 12.4. The summed E-state index contributed by atoms with van der Waals surface area (Å²) in [5.41, 5.74) is 0.522. The number of aromatic nitrogens is 2. The summed E-state index contributed by atoms with van der Waals surface area (Å²) in [6, 6.07) is 4.20. The third kappa shape index (κ3) is 2.20. The summed E-state index contributed by atoms with van der Waals surface area (Å²) in [4.78, 5) is 11.8. The standard InChI is InChI=1S/C11H11N3O3/c1-14-6-7(5-12-14)13-11(17)8-3-2-4-9(15)10(8)16/h2-6,15-16H,1H3,(H,13,17). The minimum absolute atomic E-state index is 0.00820. The minimum atomic E-state index is -0.508. The van der Waals surface area contributed by atoms with Gasteiger partial charge in [-0.3, -0.25) is 9.48 Å². The number of carbonyl (C=O) groups excluding carboxylic acids is 1. The maximum absolute atomic E-state index is 11.8. The van der Waals surface area contributed by atoms with E-state index in [4.69, 9.17) is 0 Å². The lowest BCUT2D eigenvalue weighted by Crippen LogP contribution is -2.11. The first-order valence-corrected chi connectivity index (χ1v) is 4.89. The number of benzene rings is 1. The highest BCUT2D eigenvalue weighted by atomic mass is 16.3. The van der Waals surface area contributed by atoms with Crippen LogP contribution in [0.3, 0.4) is 0 Å². The van der Waals surface area contributed by atoms with Crippen LogP contribution < -0.4 is 5.32 Å². The fraction of sp³-hybridized carbons (Fsp3) is 0.0909. The van der Waals surface area contributed by atoms with Crippen molar-refractivity contribution in [3.05, 3.63) is 36.2 Å². The van der Waals surface area contributed by atoms with Crippen molar-refractivity contribution in [1.82, 2.24) is 9.78 Å². The molecule has 0 saturated heterocycles. The number of amides is 1. The molecule has 3 N–H and O–H groups in total. The number of para-hydroxylation sites is 1. The van der Waals surface area contributed by atoms with Crippen LogP contribution >= 0.6 is 0 Å². The monoisotopic (exact) mass is 233 g/mol. The van der Waals surface area contributed by atoms with Crippen LogP contribution in [-0.4, -0.2) is 25.9 Å². The Kier molecular flexibility index (Phi) is 2.70. The van der Waals surface area contributed by atoms with Crippen molar-refractivity contribution in [1.29, 1.82) is 0 Å². The van der Waals surface area contributed by atoms with E-state index in [0.717, 1.165) is 0 Å². The first kappa shape index (κ1) is 11.0. The Labute approximate surface area is 97.1 Å². The molecule has 1 heterocycles. The number of nitrogens with zero attached hydrogens (tertiary/aromatic N) is 2. The molecule has 0 aliphatic rings. The highest BCUT2D eigenvalue weighted by Crippen LogP contribution is 2.28. The Hall–Kier alpha value is -2.50. The number of phenols is 2. The zero-order valence-corrected chi connectivity index (χ0v) is 9.08. The van der Waals surface area contributed by atoms with Gasteiger partial charge >= 0.3 is 0 Å². The topological polar surface area (TPSA) is 87.4 Å². The molecule has 1 amide bonds. The predicted octanol–water partition coefficient (Wildman–Crippen LogP) is 1.08. The maximum atomic E-state index is 11.8. The molecule has 2 aromatic rings. The fourth-order valence-electron chi connectivity index (χ4n) is 1.40. The first-order valence-electron chi connectivity index (χ1n) is 4.89. The van der Waals surface area contributed by atoms with Crippen molar-refractivity contribution in [2.24, 2.45) is 7.05 Å². The lowest BCUT2D eigenvalue weighted by atomic mass is 10.1. The molecule has 0 aliphatic carbocycles. The van der Waals surface area contributed by atoms with E-state index >= 15 is 0 Å². The summed E-state index contributed by atoms with van der Waals surface area (Å²) in [5.74, 6) is -1.27. The lowest BCUT2D eigenvalue weighted by molar-refractivity contribution is 0.102. The van der Waals surface area contributed by atoms with Gasteiger partial charge in [0.1, 0.15) is 0 Å². The summed E-state index contributed by atoms with van der Waals surface area (Å²) in [7, 11) is 1.72. The summed E-state index contributed by atoms with van der Waals surface area (Å²) < 4.78 is 1.54. The van der Waals surface area contributed by atoms with E-state index in [1.165, 1.54) is 29.1 Å². The van der Waals surface area contributed by atoms with Crippen LogP contribution in [0.5, 0.6) is 11.5 Å². The molecule has 0 spiro atoms. The van der Waals surface area contributed by atoms with E-state index in [0.29, 0.717) is 5.69 Å². The molecule has 17 heavy (non-hydrogen) atoms. The van der Waals surface area contributed by atoms with Gasteiger partial charge in [-0.1, -0.05) is 6.07 Å². The van der Waals surface area contributed by atoms with Crippen LogP contribution in [-0.2, 0) is 7.05 Å². The normalized spacial score (nSPS) is 10.2. The van der Waals surface area contributed by atoms with Gasteiger partial charge < -0.3 is 15.5 Å². The number of aromatic hydroxyl groups is 2. The van der Waals surface area contributed by atoms with Gasteiger partial charge in [-0.2, -0.15) is 5.10 Å². The molecule has 0 fully saturated rings. The van der Waals surface area contributed by atoms with Gasteiger partial charge in [0.25, 0.3) is 5.91 Å². The quantitative estimate of drug-likeness (QED) is 0.677. The molecule has 0 saturated carbocycles. The summed E-state index contributed by atoms with van der Waals surface area (Å²) in [6.07, 6.45) is 3.11. The van der Waals surface area contributed by atoms with Gasteiger partial charge in [-0.15, -0.1) is 0 Å². The van der Waals surface area contributed by atoms with Crippen LogP contribution in [0.15, 0.2) is 30.6 Å². The SMILES string of the molecule is Cn1cc(NC(=O)c2cccc(O)c2O)cn1. The van der Waals surface area contributed by atoms with Crippen molar-refractivity contribution < 1.29 is 15.0 Å². The van der Waals surface area contributed by atoms with Crippen LogP contribution in [0.1, 0.15) is 10.4 Å². The average Bonchev–Trinajstić information content (AvgIpc) is 2.68. The van der Waals surface area contributed by atoms with E-state index in [-0.39, 0.29) is 11.3 Å². The third-order valence-electron chi connectivity index (χ3n) is 2.22. The Morgan fingerprint density at radius 2 is 2.18 bits per heavy atom. The molecule has 6 heteroatoms. The van der Waals surface area contributed by atoms with Gasteiger partial charge in [0, 0.05) is 13.2 Å². The van der Waals surface area contributed by atoms with E-state index < -0.39 is 11.7 Å². The molecule has 1 aromatic carbocycles. The van der Waals surface area contributed by atoms with Crippen LogP contribution in [0.2, 0.25) is 0 Å². The smallest absolute Gasteiger partial charge is 0.259 e. The van der Waals surface area contributed by atoms with Crippen LogP contribution in [0.25, 0.3) is 0 Å². The second-order valence-corrected chi connectivity index (χ2v) is 3.53. The molecule has 6 nitrogen and oxygen atoms in total. The molecule has 0 bridgehead atoms. The van der Waals surface area contributed by atoms with Gasteiger partial charge in [-0.25, -0.2) is 0 Å². The average molecular weight is 233 g/mol. The number of phenolic OH excluding ortho intramolecular Hbond substituents is 2. The molecule has 0 aliphatic heterocycles. The highest BCUT2D eigenvalue weighted by Gasteiger charge is 2.14. The van der Waals surface area contributed by atoms with Crippen LogP contribution in [0.4, 0.5) is 5.69 Å². The Morgan fingerprint density at radius 1 is 1.41 bits per heavy atom. The van der Waals surface area contributed by atoms with Crippen LogP contribution in [0, 0.1) is 0 Å². The molecule has 0 radical (unpaired) electrons. The van der Waals surface area contributed by atoms with Gasteiger partial charge in [0.2, 0.25) is 0 Å². The predicted molar refractivity (Wildman–Crippen MR) is 60.9 cm³/mol. The highest BCUT2D eigenvalue weighted by molar-refractivity contribution is 6.06. The molecule has 2 rings (SSSR count). The van der Waals surface area contributed by atoms with E-state index in [1.54, 1.807) is 13.2 Å². The molecule has 1 aromatic heterocycles. The van der Waals surface area contributed by atoms with Crippen molar-refractivity contribution in [2.45, 2.75) is 0 Å². The number of hydrogen-bond acceptors (Lipinski definition) is 4. The maximum Gasteiger partial charge on any atom is 0.259 e. The Balaban J connectivity index is 2.23. The number of hydrogen-bond donors (Lipinski definition) is 3. The van der Waals surface area contributed by atoms with Crippen molar-refractivity contribution in [3.8, 4) is 11.5 Å². The van der Waals surface area contributed by atoms with E-state index in [1.807, 2.05) is 0 Å². The number of carbonyl (C=O) groups is 1. The number of nitrogens with one attached hydrogen (secondary N) is 1. The van der Waals surface area contributed by atoms with Gasteiger partial charge in [0.15, 0.2) is 11.5 Å². The molecular weight excluding hydrogens is 222 g/mol. The summed E-state index contributed by atoms with van der Waals surface area (Å²) in [6.45, 7) is 0. The van der Waals surface area contributed by atoms with Crippen molar-refractivity contribution in [2.75, 3.05) is 5.32 Å². The zero-order valence-electron chi connectivity index (χ0n) is 9.08. The summed E-state index contributed by atoms with van der Waals surface area (Å²) in [5, 5.41) is 25.2. The van der Waals surface area contributed by atoms with E-state index in [9.17, 15) is 15.0 Å². The van der Waals surface area contributed by atoms with Gasteiger partial charge in [-0.05, 0) is 12.1 Å². The van der Waals surface area contributed by atoms with Gasteiger partial charge in [0.05, 0.1) is 17.4 Å². The number of rotatable bonds is 2. The van der Waals surface area contributed by atoms with E-state index in [2.05, 4.69) is 10.4 Å². The third-order valence-corrected chi connectivity index (χ3v) is 2.22.